The number of benzene rings is 2. The van der Waals surface area contributed by atoms with E-state index in [1.54, 1.807) is 13.8 Å². The SMILES string of the molecule is CCOC(=O)c1c(NC(=O)C(C)OC(=O)c2c3c(nc4ccccc24)CCN(CC)C3)sc2c1CCC(c1ccccc1)C2. The summed E-state index contributed by atoms with van der Waals surface area (Å²) in [5.74, 6) is -1.16. The molecule has 3 heterocycles. The van der Waals surface area contributed by atoms with Crippen LogP contribution in [0.2, 0.25) is 0 Å². The van der Waals surface area contributed by atoms with Crippen LogP contribution >= 0.6 is 11.3 Å². The summed E-state index contributed by atoms with van der Waals surface area (Å²) in [6.07, 6.45) is 2.05. The van der Waals surface area contributed by atoms with Crippen molar-refractivity contribution >= 4 is 45.1 Å². The van der Waals surface area contributed by atoms with E-state index < -0.39 is 23.9 Å². The molecule has 228 valence electrons. The fourth-order valence-electron chi connectivity index (χ4n) is 6.34. The fraction of sp³-hybridized carbons (Fsp3) is 0.371. The van der Waals surface area contributed by atoms with Gasteiger partial charge in [-0.05, 0) is 62.8 Å². The number of carbonyl (C=O) groups excluding carboxylic acids is 3. The number of nitrogens with one attached hydrogen (secondary N) is 1. The molecule has 1 aliphatic heterocycles. The van der Waals surface area contributed by atoms with Gasteiger partial charge in [-0.25, -0.2) is 9.59 Å². The number of para-hydroxylation sites is 1. The molecule has 2 aromatic carbocycles. The summed E-state index contributed by atoms with van der Waals surface area (Å²) >= 11 is 1.41. The van der Waals surface area contributed by atoms with Crippen LogP contribution < -0.4 is 5.32 Å². The second-order valence-corrected chi connectivity index (χ2v) is 12.5. The minimum absolute atomic E-state index is 0.233. The predicted octanol–water partition coefficient (Wildman–Crippen LogP) is 6.31. The zero-order valence-electron chi connectivity index (χ0n) is 25.4. The van der Waals surface area contributed by atoms with Gasteiger partial charge < -0.3 is 14.8 Å². The lowest BCUT2D eigenvalue weighted by Crippen LogP contribution is -2.34. The number of pyridine rings is 1. The molecule has 0 radical (unpaired) electrons. The molecule has 0 spiro atoms. The van der Waals surface area contributed by atoms with Crippen LogP contribution in [0.25, 0.3) is 10.9 Å². The second-order valence-electron chi connectivity index (χ2n) is 11.4. The number of nitrogens with zero attached hydrogens (tertiary/aromatic N) is 2. The molecular weight excluding hydrogens is 574 g/mol. The number of hydrogen-bond donors (Lipinski definition) is 1. The largest absolute Gasteiger partial charge is 0.462 e. The third-order valence-corrected chi connectivity index (χ3v) is 9.85. The van der Waals surface area contributed by atoms with Gasteiger partial charge in [-0.3, -0.25) is 14.7 Å². The van der Waals surface area contributed by atoms with E-state index in [0.717, 1.165) is 66.0 Å². The van der Waals surface area contributed by atoms with Gasteiger partial charge >= 0.3 is 11.9 Å². The van der Waals surface area contributed by atoms with Gasteiger partial charge in [-0.15, -0.1) is 11.3 Å². The first-order chi connectivity index (χ1) is 21.4. The van der Waals surface area contributed by atoms with Crippen molar-refractivity contribution in [1.82, 2.24) is 9.88 Å². The van der Waals surface area contributed by atoms with Gasteiger partial charge in [-0.1, -0.05) is 55.5 Å². The number of esters is 2. The Bertz CT molecular complexity index is 1720. The maximum absolute atomic E-state index is 13.8. The average Bonchev–Trinajstić information content (AvgIpc) is 3.40. The molecule has 0 saturated heterocycles. The highest BCUT2D eigenvalue weighted by atomic mass is 32.1. The van der Waals surface area contributed by atoms with Crippen LogP contribution in [0, 0.1) is 0 Å². The first-order valence-electron chi connectivity index (χ1n) is 15.4. The van der Waals surface area contributed by atoms with E-state index in [1.807, 2.05) is 42.5 Å². The molecule has 2 atom stereocenters. The summed E-state index contributed by atoms with van der Waals surface area (Å²) in [6.45, 7) is 7.99. The molecular formula is C35H37N3O5S. The Hall–Kier alpha value is -4.08. The molecule has 4 aromatic rings. The molecule has 44 heavy (non-hydrogen) atoms. The lowest BCUT2D eigenvalue weighted by atomic mass is 9.83. The highest BCUT2D eigenvalue weighted by Gasteiger charge is 2.33. The van der Waals surface area contributed by atoms with Crippen molar-refractivity contribution in [3.8, 4) is 0 Å². The molecule has 2 aromatic heterocycles. The molecule has 8 nitrogen and oxygen atoms in total. The van der Waals surface area contributed by atoms with Gasteiger partial charge in [-0.2, -0.15) is 0 Å². The lowest BCUT2D eigenvalue weighted by Gasteiger charge is -2.29. The molecule has 1 amide bonds. The molecule has 0 bridgehead atoms. The molecule has 0 saturated carbocycles. The first-order valence-corrected chi connectivity index (χ1v) is 16.2. The minimum Gasteiger partial charge on any atom is -0.462 e. The van der Waals surface area contributed by atoms with Crippen molar-refractivity contribution in [2.24, 2.45) is 0 Å². The van der Waals surface area contributed by atoms with Gasteiger partial charge in [0.2, 0.25) is 0 Å². The molecule has 0 fully saturated rings. The highest BCUT2D eigenvalue weighted by molar-refractivity contribution is 7.17. The monoisotopic (exact) mass is 611 g/mol. The molecule has 6 rings (SSSR count). The Labute approximate surface area is 261 Å². The summed E-state index contributed by atoms with van der Waals surface area (Å²) in [5.41, 5.74) is 5.58. The van der Waals surface area contributed by atoms with Crippen molar-refractivity contribution in [2.45, 2.75) is 65.0 Å². The second kappa shape index (κ2) is 12.9. The number of rotatable bonds is 8. The lowest BCUT2D eigenvalue weighted by molar-refractivity contribution is -0.123. The molecule has 1 aliphatic carbocycles. The summed E-state index contributed by atoms with van der Waals surface area (Å²) in [5, 5.41) is 4.07. The van der Waals surface area contributed by atoms with E-state index >= 15 is 0 Å². The van der Waals surface area contributed by atoms with Crippen molar-refractivity contribution in [3.05, 3.63) is 93.0 Å². The normalized spacial score (nSPS) is 16.9. The van der Waals surface area contributed by atoms with E-state index in [4.69, 9.17) is 14.5 Å². The minimum atomic E-state index is -1.10. The first kappa shape index (κ1) is 30.0. The van der Waals surface area contributed by atoms with Crippen molar-refractivity contribution in [2.75, 3.05) is 25.0 Å². The van der Waals surface area contributed by atoms with Crippen LogP contribution in [0.1, 0.15) is 81.1 Å². The number of anilines is 1. The van der Waals surface area contributed by atoms with Crippen molar-refractivity contribution < 1.29 is 23.9 Å². The topological polar surface area (TPSA) is 97.8 Å². The van der Waals surface area contributed by atoms with Crippen LogP contribution in [-0.4, -0.2) is 53.5 Å². The Balaban J connectivity index is 1.25. The van der Waals surface area contributed by atoms with E-state index in [2.05, 4.69) is 29.3 Å². The predicted molar refractivity (Wildman–Crippen MR) is 171 cm³/mol. The summed E-state index contributed by atoms with van der Waals surface area (Å²) in [4.78, 5) is 48.6. The third-order valence-electron chi connectivity index (χ3n) is 8.68. The van der Waals surface area contributed by atoms with E-state index in [0.29, 0.717) is 34.0 Å². The summed E-state index contributed by atoms with van der Waals surface area (Å²) in [7, 11) is 0. The number of amides is 1. The molecule has 9 heteroatoms. The van der Waals surface area contributed by atoms with E-state index in [-0.39, 0.29) is 6.61 Å². The van der Waals surface area contributed by atoms with Crippen LogP contribution in [0.15, 0.2) is 54.6 Å². The van der Waals surface area contributed by atoms with Crippen molar-refractivity contribution in [1.29, 1.82) is 0 Å². The quantitative estimate of drug-likeness (QED) is 0.233. The standard InChI is InChI=1S/C35H37N3O5S/c1-4-38-18-17-28-26(20-38)30(24-13-9-10-14-27(24)36-28)35(41)43-21(3)32(39)37-33-31(34(40)42-5-2)25-16-15-23(19-29(25)44-33)22-11-7-6-8-12-22/h6-14,21,23H,4-5,15-20H2,1-3H3,(H,37,39). The Morgan fingerprint density at radius 2 is 1.77 bits per heavy atom. The van der Waals surface area contributed by atoms with Gasteiger partial charge in [0.15, 0.2) is 6.10 Å². The molecule has 2 aliphatic rings. The number of hydrogen-bond acceptors (Lipinski definition) is 8. The molecule has 2 unspecified atom stereocenters. The Kier molecular flexibility index (Phi) is 8.77. The number of aromatic nitrogens is 1. The Morgan fingerprint density at radius 1 is 1.00 bits per heavy atom. The number of carbonyl (C=O) groups is 3. The van der Waals surface area contributed by atoms with Crippen LogP contribution in [0.3, 0.4) is 0 Å². The van der Waals surface area contributed by atoms with Crippen LogP contribution in [0.4, 0.5) is 5.00 Å². The van der Waals surface area contributed by atoms with Gasteiger partial charge in [0.1, 0.15) is 5.00 Å². The number of thiophene rings is 1. The van der Waals surface area contributed by atoms with Gasteiger partial charge in [0.05, 0.1) is 23.3 Å². The van der Waals surface area contributed by atoms with Gasteiger partial charge in [0, 0.05) is 41.0 Å². The smallest absolute Gasteiger partial charge is 0.341 e. The van der Waals surface area contributed by atoms with Crippen LogP contribution in [-0.2, 0) is 40.1 Å². The Morgan fingerprint density at radius 3 is 2.55 bits per heavy atom. The highest BCUT2D eigenvalue weighted by Crippen LogP contribution is 2.43. The summed E-state index contributed by atoms with van der Waals surface area (Å²) < 4.78 is 11.2. The number of fused-ring (bicyclic) bond motifs is 3. The number of likely N-dealkylation sites (N-methyl/N-ethyl adjacent to an activating group) is 1. The maximum Gasteiger partial charge on any atom is 0.341 e. The zero-order chi connectivity index (χ0) is 30.8. The van der Waals surface area contributed by atoms with Crippen molar-refractivity contribution in [3.63, 3.8) is 0 Å². The zero-order valence-corrected chi connectivity index (χ0v) is 26.2. The average molecular weight is 612 g/mol. The third kappa shape index (κ3) is 5.86. The maximum atomic E-state index is 13.8. The van der Waals surface area contributed by atoms with Gasteiger partial charge in [0.25, 0.3) is 5.91 Å². The summed E-state index contributed by atoms with van der Waals surface area (Å²) in [6, 6.07) is 17.9. The fourth-order valence-corrected chi connectivity index (χ4v) is 7.66. The number of ether oxygens (including phenoxy) is 2. The van der Waals surface area contributed by atoms with E-state index in [1.165, 1.54) is 16.9 Å². The molecule has 1 N–H and O–H groups in total. The van der Waals surface area contributed by atoms with Crippen LogP contribution in [0.5, 0.6) is 0 Å². The van der Waals surface area contributed by atoms with E-state index in [9.17, 15) is 14.4 Å².